The lowest BCUT2D eigenvalue weighted by molar-refractivity contribution is -0.137. The lowest BCUT2D eigenvalue weighted by Gasteiger charge is -2.19. The van der Waals surface area contributed by atoms with Crippen LogP contribution in [0.25, 0.3) is 0 Å². The maximum Gasteiger partial charge on any atom is 0.416 e. The lowest BCUT2D eigenvalue weighted by Crippen LogP contribution is -2.34. The summed E-state index contributed by atoms with van der Waals surface area (Å²) in [6.45, 7) is 5.58. The third-order valence-corrected chi connectivity index (χ3v) is 4.49. The average molecular weight is 407 g/mol. The van der Waals surface area contributed by atoms with Gasteiger partial charge in [-0.25, -0.2) is 4.79 Å². The minimum absolute atomic E-state index is 0.0272. The van der Waals surface area contributed by atoms with Crippen LogP contribution in [0.15, 0.2) is 48.5 Å². The molecule has 3 rings (SSSR count). The van der Waals surface area contributed by atoms with Crippen molar-refractivity contribution in [3.63, 3.8) is 0 Å². The van der Waals surface area contributed by atoms with E-state index >= 15 is 0 Å². The molecule has 1 amide bonds. The highest BCUT2D eigenvalue weighted by Gasteiger charge is 2.42. The Kier molecular flexibility index (Phi) is 5.78. The molecule has 29 heavy (non-hydrogen) atoms. The number of hydrogen-bond acceptors (Lipinski definition) is 3. The van der Waals surface area contributed by atoms with Crippen molar-refractivity contribution >= 4 is 6.09 Å². The molecule has 0 radical (unpaired) electrons. The van der Waals surface area contributed by atoms with E-state index in [2.05, 4.69) is 5.32 Å². The standard InChI is InChI=1S/C22H24F3NO3/c1-21(2,3)29-20(27)26-18-12-17(18)16-6-4-5-7-19(16)28-13-14-8-10-15(11-9-14)22(23,24)25/h4-11,17-18H,12-13H2,1-3H3,(H,26,27). The van der Waals surface area contributed by atoms with Gasteiger partial charge in [0.1, 0.15) is 18.0 Å². The molecule has 2 aromatic carbocycles. The van der Waals surface area contributed by atoms with Gasteiger partial charge in [-0.3, -0.25) is 0 Å². The molecule has 0 spiro atoms. The number of para-hydroxylation sites is 1. The molecule has 4 nitrogen and oxygen atoms in total. The van der Waals surface area contributed by atoms with Gasteiger partial charge in [0.15, 0.2) is 0 Å². The zero-order valence-corrected chi connectivity index (χ0v) is 16.5. The first-order chi connectivity index (χ1) is 13.5. The summed E-state index contributed by atoms with van der Waals surface area (Å²) in [4.78, 5) is 11.9. The Bertz CT molecular complexity index is 857. The molecule has 1 fully saturated rings. The SMILES string of the molecule is CC(C)(C)OC(=O)NC1CC1c1ccccc1OCc1ccc(C(F)(F)F)cc1. The van der Waals surface area contributed by atoms with Gasteiger partial charge in [0.25, 0.3) is 0 Å². The predicted molar refractivity (Wildman–Crippen MR) is 103 cm³/mol. The van der Waals surface area contributed by atoms with E-state index in [1.165, 1.54) is 12.1 Å². The zero-order valence-electron chi connectivity index (χ0n) is 16.5. The number of alkyl halides is 3. The molecule has 1 aliphatic carbocycles. The number of hydrogen-bond donors (Lipinski definition) is 1. The third kappa shape index (κ3) is 5.89. The van der Waals surface area contributed by atoms with Crippen molar-refractivity contribution in [2.45, 2.75) is 57.5 Å². The van der Waals surface area contributed by atoms with Crippen LogP contribution >= 0.6 is 0 Å². The second-order valence-electron chi connectivity index (χ2n) is 8.12. The van der Waals surface area contributed by atoms with Gasteiger partial charge in [-0.05, 0) is 56.5 Å². The van der Waals surface area contributed by atoms with E-state index in [0.717, 1.165) is 24.1 Å². The molecule has 0 bridgehead atoms. The quantitative estimate of drug-likeness (QED) is 0.695. The monoisotopic (exact) mass is 407 g/mol. The van der Waals surface area contributed by atoms with Gasteiger partial charge in [0.2, 0.25) is 0 Å². The van der Waals surface area contributed by atoms with Gasteiger partial charge < -0.3 is 14.8 Å². The summed E-state index contributed by atoms with van der Waals surface area (Å²) in [5, 5.41) is 2.86. The Morgan fingerprint density at radius 2 is 1.72 bits per heavy atom. The second-order valence-corrected chi connectivity index (χ2v) is 8.12. The number of halogens is 3. The Morgan fingerprint density at radius 1 is 1.07 bits per heavy atom. The van der Waals surface area contributed by atoms with Gasteiger partial charge in [-0.15, -0.1) is 0 Å². The van der Waals surface area contributed by atoms with Crippen LogP contribution in [0.4, 0.5) is 18.0 Å². The Balaban J connectivity index is 1.60. The number of carbonyl (C=O) groups is 1. The minimum atomic E-state index is -4.35. The zero-order chi connectivity index (χ0) is 21.2. The molecule has 2 atom stereocenters. The fourth-order valence-corrected chi connectivity index (χ4v) is 3.03. The van der Waals surface area contributed by atoms with Crippen molar-refractivity contribution in [1.29, 1.82) is 0 Å². The van der Waals surface area contributed by atoms with Crippen molar-refractivity contribution in [2.24, 2.45) is 0 Å². The number of benzene rings is 2. The highest BCUT2D eigenvalue weighted by molar-refractivity contribution is 5.69. The molecule has 2 aromatic rings. The van der Waals surface area contributed by atoms with Gasteiger partial charge in [0, 0.05) is 12.0 Å². The van der Waals surface area contributed by atoms with E-state index in [-0.39, 0.29) is 18.6 Å². The van der Waals surface area contributed by atoms with E-state index in [9.17, 15) is 18.0 Å². The smallest absolute Gasteiger partial charge is 0.416 e. The summed E-state index contributed by atoms with van der Waals surface area (Å²) in [5.41, 5.74) is 0.361. The largest absolute Gasteiger partial charge is 0.489 e. The van der Waals surface area contributed by atoms with Crippen molar-refractivity contribution < 1.29 is 27.4 Å². The van der Waals surface area contributed by atoms with Gasteiger partial charge in [0.05, 0.1) is 5.56 Å². The fraction of sp³-hybridized carbons (Fsp3) is 0.409. The van der Waals surface area contributed by atoms with Crippen LogP contribution in [-0.2, 0) is 17.5 Å². The molecule has 7 heteroatoms. The van der Waals surface area contributed by atoms with Gasteiger partial charge in [-0.1, -0.05) is 30.3 Å². The van der Waals surface area contributed by atoms with Crippen LogP contribution in [0.5, 0.6) is 5.75 Å². The summed E-state index contributed by atoms with van der Waals surface area (Å²) < 4.78 is 49.1. The molecule has 1 N–H and O–H groups in total. The van der Waals surface area contributed by atoms with E-state index < -0.39 is 23.4 Å². The normalized spacial score (nSPS) is 18.8. The van der Waals surface area contributed by atoms with Gasteiger partial charge in [-0.2, -0.15) is 13.2 Å². The number of amides is 1. The van der Waals surface area contributed by atoms with Crippen LogP contribution in [-0.4, -0.2) is 17.7 Å². The lowest BCUT2D eigenvalue weighted by atomic mass is 10.1. The molecule has 1 saturated carbocycles. The van der Waals surface area contributed by atoms with Crippen molar-refractivity contribution in [3.05, 3.63) is 65.2 Å². The molecule has 0 saturated heterocycles. The molecule has 0 aromatic heterocycles. The van der Waals surface area contributed by atoms with Gasteiger partial charge >= 0.3 is 12.3 Å². The first-order valence-electron chi connectivity index (χ1n) is 9.40. The second kappa shape index (κ2) is 7.97. The molecule has 0 aliphatic heterocycles. The van der Waals surface area contributed by atoms with Crippen LogP contribution in [0.1, 0.15) is 49.8 Å². The Morgan fingerprint density at radius 3 is 2.34 bits per heavy atom. The van der Waals surface area contributed by atoms with E-state index in [1.807, 2.05) is 24.3 Å². The van der Waals surface area contributed by atoms with Crippen LogP contribution in [0.2, 0.25) is 0 Å². The topological polar surface area (TPSA) is 47.6 Å². The fourth-order valence-electron chi connectivity index (χ4n) is 3.03. The molecule has 156 valence electrons. The summed E-state index contributed by atoms with van der Waals surface area (Å²) in [5.74, 6) is 0.775. The number of nitrogens with one attached hydrogen (secondary N) is 1. The van der Waals surface area contributed by atoms with Crippen molar-refractivity contribution in [3.8, 4) is 5.75 Å². The molecule has 0 heterocycles. The summed E-state index contributed by atoms with van der Waals surface area (Å²) in [6, 6.07) is 12.4. The minimum Gasteiger partial charge on any atom is -0.489 e. The van der Waals surface area contributed by atoms with E-state index in [0.29, 0.717) is 11.3 Å². The number of alkyl carbamates (subject to hydrolysis) is 1. The maximum absolute atomic E-state index is 12.7. The molecule has 2 unspecified atom stereocenters. The molecular formula is C22H24F3NO3. The highest BCUT2D eigenvalue weighted by Crippen LogP contribution is 2.45. The third-order valence-electron chi connectivity index (χ3n) is 4.49. The Hall–Kier alpha value is -2.70. The van der Waals surface area contributed by atoms with Crippen molar-refractivity contribution in [1.82, 2.24) is 5.32 Å². The summed E-state index contributed by atoms with van der Waals surface area (Å²) in [7, 11) is 0. The molecule has 1 aliphatic rings. The average Bonchev–Trinajstić information content (AvgIpc) is 3.37. The first-order valence-corrected chi connectivity index (χ1v) is 9.40. The Labute approximate surface area is 168 Å². The van der Waals surface area contributed by atoms with Crippen LogP contribution < -0.4 is 10.1 Å². The summed E-state index contributed by atoms with van der Waals surface area (Å²) >= 11 is 0. The van der Waals surface area contributed by atoms with Crippen LogP contribution in [0, 0.1) is 0 Å². The van der Waals surface area contributed by atoms with Crippen LogP contribution in [0.3, 0.4) is 0 Å². The maximum atomic E-state index is 12.7. The number of ether oxygens (including phenoxy) is 2. The van der Waals surface area contributed by atoms with E-state index in [1.54, 1.807) is 20.8 Å². The number of carbonyl (C=O) groups excluding carboxylic acids is 1. The van der Waals surface area contributed by atoms with Crippen molar-refractivity contribution in [2.75, 3.05) is 0 Å². The van der Waals surface area contributed by atoms with E-state index in [4.69, 9.17) is 9.47 Å². The summed E-state index contributed by atoms with van der Waals surface area (Å²) in [6.07, 6.45) is -4.03. The molecular weight excluding hydrogens is 383 g/mol. The number of rotatable bonds is 5. The predicted octanol–water partition coefficient (Wildman–Crippen LogP) is 5.67. The highest BCUT2D eigenvalue weighted by atomic mass is 19.4. The first kappa shape index (κ1) is 21.0.